The van der Waals surface area contributed by atoms with Crippen LogP contribution < -0.4 is 0 Å². The lowest BCUT2D eigenvalue weighted by Crippen LogP contribution is -2.42. The maximum absolute atomic E-state index is 13.6. The average molecular weight is 437 g/mol. The van der Waals surface area contributed by atoms with E-state index in [1.165, 1.54) is 0 Å². The number of pyridine rings is 1. The highest BCUT2D eigenvalue weighted by atomic mass is 35.5. The molecule has 0 atom stereocenters. The van der Waals surface area contributed by atoms with Crippen LogP contribution >= 0.6 is 11.6 Å². The van der Waals surface area contributed by atoms with Crippen molar-refractivity contribution in [2.75, 3.05) is 24.6 Å². The summed E-state index contributed by atoms with van der Waals surface area (Å²) in [6, 6.07) is 15.6. The maximum Gasteiger partial charge on any atom is 0.254 e. The molecule has 4 nitrogen and oxygen atoms in total. The second kappa shape index (κ2) is 7.97. The molecule has 0 N–H and O–H groups in total. The minimum absolute atomic E-state index is 0.0283. The van der Waals surface area contributed by atoms with Gasteiger partial charge in [0.25, 0.3) is 5.91 Å². The fraction of sp³-hybridized carbons (Fsp3) is 0.250. The van der Waals surface area contributed by atoms with E-state index in [4.69, 9.17) is 16.6 Å². The molecule has 0 unspecified atom stereocenters. The first-order valence-corrected chi connectivity index (χ1v) is 12.0. The van der Waals surface area contributed by atoms with Gasteiger partial charge in [0.15, 0.2) is 0 Å². The minimum Gasteiger partial charge on any atom is -0.337 e. The first kappa shape index (κ1) is 19.5. The molecule has 1 saturated heterocycles. The van der Waals surface area contributed by atoms with Crippen LogP contribution in [0.5, 0.6) is 0 Å². The minimum atomic E-state index is -0.819. The van der Waals surface area contributed by atoms with Crippen LogP contribution in [0.4, 0.5) is 0 Å². The van der Waals surface area contributed by atoms with E-state index in [-0.39, 0.29) is 5.91 Å². The molecule has 0 spiro atoms. The van der Waals surface area contributed by atoms with Crippen molar-refractivity contribution >= 4 is 50.9 Å². The Morgan fingerprint density at radius 1 is 1.03 bits per heavy atom. The van der Waals surface area contributed by atoms with Gasteiger partial charge >= 0.3 is 0 Å². The van der Waals surface area contributed by atoms with E-state index in [2.05, 4.69) is 6.08 Å². The third-order valence-corrected chi connectivity index (χ3v) is 7.48. The SMILES string of the molecule is O=C(c1c2c(nc3ccccc13)/C(=C\c1ccccc1Cl)CC2)N1CCS(=O)CC1. The Hall–Kier alpha value is -2.50. The number of aromatic nitrogens is 1. The zero-order valence-electron chi connectivity index (χ0n) is 16.4. The van der Waals surface area contributed by atoms with Gasteiger partial charge in [-0.1, -0.05) is 48.0 Å². The van der Waals surface area contributed by atoms with E-state index in [1.807, 2.05) is 53.4 Å². The van der Waals surface area contributed by atoms with Gasteiger partial charge in [-0.3, -0.25) is 9.00 Å². The number of nitrogens with zero attached hydrogens (tertiary/aromatic N) is 2. The Kier molecular flexibility index (Phi) is 5.17. The van der Waals surface area contributed by atoms with Gasteiger partial charge in [-0.05, 0) is 47.8 Å². The van der Waals surface area contributed by atoms with Gasteiger partial charge in [0.1, 0.15) is 0 Å². The molecular weight excluding hydrogens is 416 g/mol. The van der Waals surface area contributed by atoms with E-state index in [0.29, 0.717) is 29.6 Å². The van der Waals surface area contributed by atoms with Gasteiger partial charge in [0.05, 0.1) is 16.8 Å². The van der Waals surface area contributed by atoms with E-state index >= 15 is 0 Å². The lowest BCUT2D eigenvalue weighted by Gasteiger charge is -2.27. The molecule has 0 saturated carbocycles. The molecule has 6 heteroatoms. The van der Waals surface area contributed by atoms with E-state index < -0.39 is 10.8 Å². The first-order chi connectivity index (χ1) is 14.6. The Labute approximate surface area is 183 Å². The molecule has 2 aromatic carbocycles. The number of hydrogen-bond donors (Lipinski definition) is 0. The molecule has 5 rings (SSSR count). The van der Waals surface area contributed by atoms with Crippen LogP contribution in [0.15, 0.2) is 48.5 Å². The van der Waals surface area contributed by atoms with Gasteiger partial charge in [-0.25, -0.2) is 4.98 Å². The number of benzene rings is 2. The lowest BCUT2D eigenvalue weighted by molar-refractivity contribution is 0.0772. The Balaban J connectivity index is 1.64. The second-order valence-electron chi connectivity index (χ2n) is 7.66. The molecule has 0 bridgehead atoms. The molecular formula is C24H21ClN2O2S. The molecule has 1 aliphatic carbocycles. The molecule has 1 fully saturated rings. The van der Waals surface area contributed by atoms with Crippen molar-refractivity contribution in [3.8, 4) is 0 Å². The number of fused-ring (bicyclic) bond motifs is 2. The first-order valence-electron chi connectivity index (χ1n) is 10.1. The predicted octanol–water partition coefficient (Wildman–Crippen LogP) is 4.58. The normalized spacial score (nSPS) is 18.2. The van der Waals surface area contributed by atoms with Crippen LogP contribution in [-0.2, 0) is 17.2 Å². The highest BCUT2D eigenvalue weighted by Gasteiger charge is 2.30. The van der Waals surface area contributed by atoms with Crippen LogP contribution in [0, 0.1) is 0 Å². The van der Waals surface area contributed by atoms with Crippen LogP contribution in [0.3, 0.4) is 0 Å². The monoisotopic (exact) mass is 436 g/mol. The van der Waals surface area contributed by atoms with E-state index in [0.717, 1.165) is 51.7 Å². The van der Waals surface area contributed by atoms with Gasteiger partial charge in [0, 0.05) is 45.8 Å². The lowest BCUT2D eigenvalue weighted by atomic mass is 9.99. The third-order valence-electron chi connectivity index (χ3n) is 5.86. The fourth-order valence-electron chi connectivity index (χ4n) is 4.30. The summed E-state index contributed by atoms with van der Waals surface area (Å²) < 4.78 is 11.8. The average Bonchev–Trinajstić information content (AvgIpc) is 3.16. The maximum atomic E-state index is 13.6. The predicted molar refractivity (Wildman–Crippen MR) is 123 cm³/mol. The van der Waals surface area contributed by atoms with E-state index in [9.17, 15) is 9.00 Å². The Bertz CT molecular complexity index is 1210. The van der Waals surface area contributed by atoms with Crippen LogP contribution in [0.1, 0.15) is 33.6 Å². The number of allylic oxidation sites excluding steroid dienone is 1. The molecule has 2 heterocycles. The zero-order chi connectivity index (χ0) is 20.7. The van der Waals surface area contributed by atoms with Crippen molar-refractivity contribution in [1.82, 2.24) is 9.88 Å². The van der Waals surface area contributed by atoms with Crippen LogP contribution in [0.25, 0.3) is 22.6 Å². The zero-order valence-corrected chi connectivity index (χ0v) is 18.0. The topological polar surface area (TPSA) is 50.3 Å². The number of para-hydroxylation sites is 1. The second-order valence-corrected chi connectivity index (χ2v) is 9.77. The summed E-state index contributed by atoms with van der Waals surface area (Å²) >= 11 is 6.37. The highest BCUT2D eigenvalue weighted by molar-refractivity contribution is 7.85. The van der Waals surface area contributed by atoms with Crippen molar-refractivity contribution < 1.29 is 9.00 Å². The van der Waals surface area contributed by atoms with Crippen molar-refractivity contribution in [3.05, 3.63) is 75.9 Å². The Morgan fingerprint density at radius 2 is 1.77 bits per heavy atom. The summed E-state index contributed by atoms with van der Waals surface area (Å²) in [5, 5.41) is 1.60. The van der Waals surface area contributed by atoms with Gasteiger partial charge in [-0.15, -0.1) is 0 Å². The summed E-state index contributed by atoms with van der Waals surface area (Å²) in [5.41, 5.74) is 5.57. The molecule has 2 aliphatic rings. The number of carbonyl (C=O) groups excluding carboxylic acids is 1. The standard InChI is InChI=1S/C24H21ClN2O2S/c25-20-7-3-1-5-16(20)15-17-9-10-19-22(24(28)27-11-13-30(29)14-12-27)18-6-2-4-8-21(18)26-23(17)19/h1-8,15H,9-14H2/b17-15-. The molecule has 30 heavy (non-hydrogen) atoms. The summed E-state index contributed by atoms with van der Waals surface area (Å²) in [4.78, 5) is 20.3. The number of rotatable bonds is 2. The summed E-state index contributed by atoms with van der Waals surface area (Å²) in [6.45, 7) is 1.08. The van der Waals surface area contributed by atoms with Gasteiger partial charge in [0.2, 0.25) is 0 Å². The smallest absolute Gasteiger partial charge is 0.254 e. The Morgan fingerprint density at radius 3 is 2.57 bits per heavy atom. The quantitative estimate of drug-likeness (QED) is 0.590. The highest BCUT2D eigenvalue weighted by Crippen LogP contribution is 2.38. The van der Waals surface area contributed by atoms with E-state index in [1.54, 1.807) is 0 Å². The van der Waals surface area contributed by atoms with Crippen LogP contribution in [-0.4, -0.2) is 44.6 Å². The van der Waals surface area contributed by atoms with Crippen LogP contribution in [0.2, 0.25) is 5.02 Å². The van der Waals surface area contributed by atoms with Crippen molar-refractivity contribution in [2.24, 2.45) is 0 Å². The van der Waals surface area contributed by atoms with Crippen molar-refractivity contribution in [2.45, 2.75) is 12.8 Å². The third kappa shape index (κ3) is 3.46. The molecule has 3 aromatic rings. The molecule has 152 valence electrons. The summed E-state index contributed by atoms with van der Waals surface area (Å²) in [7, 11) is -0.819. The number of hydrogen-bond acceptors (Lipinski definition) is 3. The van der Waals surface area contributed by atoms with Gasteiger partial charge < -0.3 is 4.90 Å². The number of halogens is 1. The summed E-state index contributed by atoms with van der Waals surface area (Å²) in [5.74, 6) is 1.13. The molecule has 1 amide bonds. The molecule has 1 aliphatic heterocycles. The largest absolute Gasteiger partial charge is 0.337 e. The molecule has 1 aromatic heterocycles. The van der Waals surface area contributed by atoms with Crippen molar-refractivity contribution in [3.63, 3.8) is 0 Å². The number of amides is 1. The van der Waals surface area contributed by atoms with Gasteiger partial charge in [-0.2, -0.15) is 0 Å². The summed E-state index contributed by atoms with van der Waals surface area (Å²) in [6.07, 6.45) is 3.70. The van der Waals surface area contributed by atoms with Crippen molar-refractivity contribution in [1.29, 1.82) is 0 Å². The fourth-order valence-corrected chi connectivity index (χ4v) is 5.54. The number of carbonyl (C=O) groups is 1. The molecule has 0 radical (unpaired) electrons.